The topological polar surface area (TPSA) is 83.4 Å². The van der Waals surface area contributed by atoms with E-state index in [1.54, 1.807) is 12.3 Å². The molecule has 0 radical (unpaired) electrons. The smallest absolute Gasteiger partial charge is 0.243 e. The fourth-order valence-corrected chi connectivity index (χ4v) is 2.32. The van der Waals surface area contributed by atoms with Gasteiger partial charge in [0.15, 0.2) is 0 Å². The summed E-state index contributed by atoms with van der Waals surface area (Å²) in [7, 11) is 0. The van der Waals surface area contributed by atoms with Gasteiger partial charge in [0.25, 0.3) is 0 Å². The van der Waals surface area contributed by atoms with Gasteiger partial charge >= 0.3 is 0 Å². The first-order valence-corrected chi connectivity index (χ1v) is 7.87. The Balaban J connectivity index is 1.74. The number of hydrogen-bond donors (Lipinski definition) is 3. The standard InChI is InChI=1S/C18H23N3O3/c1-12-6-4-7-13(2)18(12)21-17(23)11-20-16(22)10-19-14(3)15-8-5-9-24-15/h4-9,14,19H,10-11H2,1-3H3,(H,20,22)(H,21,23)/t14-/m0/s1. The fourth-order valence-electron chi connectivity index (χ4n) is 2.32. The van der Waals surface area contributed by atoms with E-state index >= 15 is 0 Å². The van der Waals surface area contributed by atoms with E-state index < -0.39 is 0 Å². The van der Waals surface area contributed by atoms with Crippen LogP contribution < -0.4 is 16.0 Å². The molecule has 24 heavy (non-hydrogen) atoms. The van der Waals surface area contributed by atoms with Crippen LogP contribution in [0.5, 0.6) is 0 Å². The number of benzene rings is 1. The molecular weight excluding hydrogens is 306 g/mol. The van der Waals surface area contributed by atoms with E-state index in [4.69, 9.17) is 4.42 Å². The van der Waals surface area contributed by atoms with Gasteiger partial charge in [0, 0.05) is 5.69 Å². The predicted octanol–water partition coefficient (Wildman–Crippen LogP) is 2.30. The van der Waals surface area contributed by atoms with E-state index in [9.17, 15) is 9.59 Å². The lowest BCUT2D eigenvalue weighted by Gasteiger charge is -2.13. The lowest BCUT2D eigenvalue weighted by molar-refractivity contribution is -0.123. The number of amides is 2. The molecule has 0 spiro atoms. The zero-order chi connectivity index (χ0) is 17.5. The van der Waals surface area contributed by atoms with E-state index in [1.807, 2.05) is 45.0 Å². The second kappa shape index (κ2) is 8.31. The summed E-state index contributed by atoms with van der Waals surface area (Å²) in [5, 5.41) is 8.47. The highest BCUT2D eigenvalue weighted by molar-refractivity contribution is 5.95. The van der Waals surface area contributed by atoms with Crippen LogP contribution in [0.2, 0.25) is 0 Å². The summed E-state index contributed by atoms with van der Waals surface area (Å²) in [4.78, 5) is 23.8. The van der Waals surface area contributed by atoms with Crippen molar-refractivity contribution in [2.24, 2.45) is 0 Å². The number of para-hydroxylation sites is 1. The average molecular weight is 329 g/mol. The van der Waals surface area contributed by atoms with Crippen molar-refractivity contribution in [2.45, 2.75) is 26.8 Å². The van der Waals surface area contributed by atoms with Crippen molar-refractivity contribution in [3.05, 3.63) is 53.5 Å². The van der Waals surface area contributed by atoms with Crippen LogP contribution in [0.1, 0.15) is 29.9 Å². The third-order valence-electron chi connectivity index (χ3n) is 3.73. The Bertz CT molecular complexity index is 675. The summed E-state index contributed by atoms with van der Waals surface area (Å²) in [6.07, 6.45) is 1.59. The summed E-state index contributed by atoms with van der Waals surface area (Å²) in [5.41, 5.74) is 2.77. The van der Waals surface area contributed by atoms with Crippen LogP contribution in [0, 0.1) is 13.8 Å². The normalized spacial score (nSPS) is 11.8. The first-order valence-electron chi connectivity index (χ1n) is 7.87. The first kappa shape index (κ1) is 17.7. The molecule has 0 fully saturated rings. The fraction of sp³-hybridized carbons (Fsp3) is 0.333. The Hall–Kier alpha value is -2.60. The third-order valence-corrected chi connectivity index (χ3v) is 3.73. The molecule has 0 aliphatic heterocycles. The van der Waals surface area contributed by atoms with Gasteiger partial charge in [0.1, 0.15) is 5.76 Å². The van der Waals surface area contributed by atoms with Crippen molar-refractivity contribution in [3.8, 4) is 0 Å². The van der Waals surface area contributed by atoms with E-state index in [0.29, 0.717) is 0 Å². The minimum atomic E-state index is -0.250. The van der Waals surface area contributed by atoms with E-state index in [2.05, 4.69) is 16.0 Å². The predicted molar refractivity (Wildman–Crippen MR) is 92.7 cm³/mol. The number of furan rings is 1. The van der Waals surface area contributed by atoms with Crippen molar-refractivity contribution >= 4 is 17.5 Å². The Morgan fingerprint density at radius 1 is 1.04 bits per heavy atom. The average Bonchev–Trinajstić information content (AvgIpc) is 3.09. The first-order chi connectivity index (χ1) is 11.5. The SMILES string of the molecule is Cc1cccc(C)c1NC(=O)CNC(=O)CN[C@@H](C)c1ccco1. The van der Waals surface area contributed by atoms with Gasteiger partial charge in [-0.3, -0.25) is 14.9 Å². The maximum Gasteiger partial charge on any atom is 0.243 e. The Morgan fingerprint density at radius 3 is 2.38 bits per heavy atom. The Kier molecular flexibility index (Phi) is 6.14. The molecule has 128 valence electrons. The molecule has 0 saturated carbocycles. The molecule has 0 aliphatic carbocycles. The van der Waals surface area contributed by atoms with E-state index in [1.165, 1.54) is 0 Å². The van der Waals surface area contributed by atoms with Gasteiger partial charge in [-0.1, -0.05) is 18.2 Å². The zero-order valence-corrected chi connectivity index (χ0v) is 14.2. The number of anilines is 1. The minimum absolute atomic E-state index is 0.0661. The molecule has 0 bridgehead atoms. The second-order valence-corrected chi connectivity index (χ2v) is 5.71. The van der Waals surface area contributed by atoms with Crippen molar-refractivity contribution in [1.82, 2.24) is 10.6 Å². The Labute approximate surface area is 141 Å². The highest BCUT2D eigenvalue weighted by atomic mass is 16.3. The van der Waals surface area contributed by atoms with Gasteiger partial charge < -0.3 is 15.1 Å². The molecule has 6 heteroatoms. The quantitative estimate of drug-likeness (QED) is 0.728. The second-order valence-electron chi connectivity index (χ2n) is 5.71. The monoisotopic (exact) mass is 329 g/mol. The summed E-state index contributed by atoms with van der Waals surface area (Å²) in [6.45, 7) is 5.81. The molecule has 6 nitrogen and oxygen atoms in total. The lowest BCUT2D eigenvalue weighted by Crippen LogP contribution is -2.39. The summed E-state index contributed by atoms with van der Waals surface area (Å²) in [6, 6.07) is 9.36. The maximum absolute atomic E-state index is 12.0. The molecule has 1 heterocycles. The van der Waals surface area contributed by atoms with Gasteiger partial charge in [-0.05, 0) is 44.0 Å². The van der Waals surface area contributed by atoms with Crippen LogP contribution in [0.15, 0.2) is 41.0 Å². The van der Waals surface area contributed by atoms with Crippen LogP contribution in [0.4, 0.5) is 5.69 Å². The molecule has 0 aliphatic rings. The summed E-state index contributed by atoms with van der Waals surface area (Å²) < 4.78 is 5.26. The van der Waals surface area contributed by atoms with Crippen molar-refractivity contribution < 1.29 is 14.0 Å². The highest BCUT2D eigenvalue weighted by Crippen LogP contribution is 2.19. The van der Waals surface area contributed by atoms with Crippen molar-refractivity contribution in [2.75, 3.05) is 18.4 Å². The van der Waals surface area contributed by atoms with Gasteiger partial charge in [-0.25, -0.2) is 0 Å². The molecule has 2 aromatic rings. The largest absolute Gasteiger partial charge is 0.468 e. The maximum atomic E-state index is 12.0. The van der Waals surface area contributed by atoms with Crippen LogP contribution >= 0.6 is 0 Å². The van der Waals surface area contributed by atoms with Crippen LogP contribution in [-0.4, -0.2) is 24.9 Å². The molecule has 1 atom stereocenters. The van der Waals surface area contributed by atoms with Crippen molar-refractivity contribution in [3.63, 3.8) is 0 Å². The zero-order valence-electron chi connectivity index (χ0n) is 14.2. The molecular formula is C18H23N3O3. The van der Waals surface area contributed by atoms with Crippen LogP contribution in [0.3, 0.4) is 0 Å². The highest BCUT2D eigenvalue weighted by Gasteiger charge is 2.11. The summed E-state index contributed by atoms with van der Waals surface area (Å²) >= 11 is 0. The number of carbonyl (C=O) groups is 2. The van der Waals surface area contributed by atoms with Gasteiger partial charge in [-0.15, -0.1) is 0 Å². The van der Waals surface area contributed by atoms with Gasteiger partial charge in [0.05, 0.1) is 25.4 Å². The lowest BCUT2D eigenvalue weighted by atomic mass is 10.1. The van der Waals surface area contributed by atoms with E-state index in [-0.39, 0.29) is 30.9 Å². The number of hydrogen-bond acceptors (Lipinski definition) is 4. The minimum Gasteiger partial charge on any atom is -0.468 e. The number of nitrogens with one attached hydrogen (secondary N) is 3. The summed E-state index contributed by atoms with van der Waals surface area (Å²) in [5.74, 6) is 0.264. The molecule has 2 amide bonds. The van der Waals surface area contributed by atoms with Gasteiger partial charge in [0.2, 0.25) is 11.8 Å². The van der Waals surface area contributed by atoms with Crippen LogP contribution in [-0.2, 0) is 9.59 Å². The van der Waals surface area contributed by atoms with E-state index in [0.717, 1.165) is 22.6 Å². The van der Waals surface area contributed by atoms with Crippen LogP contribution in [0.25, 0.3) is 0 Å². The molecule has 2 rings (SSSR count). The number of rotatable bonds is 7. The molecule has 1 aromatic heterocycles. The molecule has 0 unspecified atom stereocenters. The Morgan fingerprint density at radius 2 is 1.75 bits per heavy atom. The number of carbonyl (C=O) groups excluding carboxylic acids is 2. The number of aryl methyl sites for hydroxylation is 2. The molecule has 0 saturated heterocycles. The van der Waals surface area contributed by atoms with Gasteiger partial charge in [-0.2, -0.15) is 0 Å². The molecule has 1 aromatic carbocycles. The third kappa shape index (κ3) is 4.96. The molecule has 3 N–H and O–H groups in total. The van der Waals surface area contributed by atoms with Crippen molar-refractivity contribution in [1.29, 1.82) is 0 Å².